The van der Waals surface area contributed by atoms with Gasteiger partial charge in [0.25, 0.3) is 5.91 Å². The number of carbonyl (C=O) groups excluding carboxylic acids is 1. The number of ether oxygens (including phenoxy) is 1. The molecular formula is C14H17ClN2O2. The number of carbonyl (C=O) groups is 1. The van der Waals surface area contributed by atoms with E-state index in [9.17, 15) is 4.79 Å². The van der Waals surface area contributed by atoms with Crippen LogP contribution in [0.4, 0.5) is 5.69 Å². The van der Waals surface area contributed by atoms with Gasteiger partial charge in [-0.3, -0.25) is 4.79 Å². The Hall–Kier alpha value is -1.10. The molecule has 0 spiro atoms. The van der Waals surface area contributed by atoms with Crippen molar-refractivity contribution in [2.75, 3.05) is 18.0 Å². The van der Waals surface area contributed by atoms with E-state index in [-0.39, 0.29) is 18.1 Å². The SMILES string of the molecule is NC[C@H]1CC[C@@H](C(=O)N2CCc3ccc(Cl)cc32)O1. The number of amides is 1. The first-order valence-corrected chi connectivity index (χ1v) is 7.02. The molecule has 0 aromatic heterocycles. The molecule has 2 N–H and O–H groups in total. The highest BCUT2D eigenvalue weighted by atomic mass is 35.5. The molecule has 0 unspecified atom stereocenters. The molecule has 1 aromatic rings. The maximum atomic E-state index is 12.5. The van der Waals surface area contributed by atoms with Gasteiger partial charge in [-0.25, -0.2) is 0 Å². The number of benzene rings is 1. The molecule has 0 radical (unpaired) electrons. The number of hydrogen-bond acceptors (Lipinski definition) is 3. The van der Waals surface area contributed by atoms with Gasteiger partial charge in [0.2, 0.25) is 0 Å². The second-order valence-corrected chi connectivity index (χ2v) is 5.51. The Morgan fingerprint density at radius 2 is 2.32 bits per heavy atom. The van der Waals surface area contributed by atoms with Crippen LogP contribution in [0.25, 0.3) is 0 Å². The van der Waals surface area contributed by atoms with Crippen LogP contribution in [0.1, 0.15) is 18.4 Å². The summed E-state index contributed by atoms with van der Waals surface area (Å²) in [6.45, 7) is 1.19. The fourth-order valence-corrected chi connectivity index (χ4v) is 2.98. The van der Waals surface area contributed by atoms with Crippen molar-refractivity contribution in [1.82, 2.24) is 0 Å². The minimum absolute atomic E-state index is 0.0235. The molecule has 19 heavy (non-hydrogen) atoms. The third-order valence-electron chi connectivity index (χ3n) is 3.85. The molecule has 2 heterocycles. The maximum absolute atomic E-state index is 12.5. The smallest absolute Gasteiger partial charge is 0.256 e. The van der Waals surface area contributed by atoms with Crippen molar-refractivity contribution in [3.63, 3.8) is 0 Å². The van der Waals surface area contributed by atoms with E-state index in [0.717, 1.165) is 24.9 Å². The van der Waals surface area contributed by atoms with Crippen molar-refractivity contribution in [3.05, 3.63) is 28.8 Å². The minimum atomic E-state index is -0.349. The summed E-state index contributed by atoms with van der Waals surface area (Å²) in [4.78, 5) is 14.3. The van der Waals surface area contributed by atoms with Gasteiger partial charge in [-0.2, -0.15) is 0 Å². The van der Waals surface area contributed by atoms with Gasteiger partial charge in [0.1, 0.15) is 6.10 Å². The molecule has 2 aliphatic rings. The number of rotatable bonds is 2. The normalized spacial score (nSPS) is 25.7. The number of hydrogen-bond donors (Lipinski definition) is 1. The molecule has 2 aliphatic heterocycles. The number of nitrogens with two attached hydrogens (primary N) is 1. The molecule has 102 valence electrons. The number of anilines is 1. The van der Waals surface area contributed by atoms with Crippen molar-refractivity contribution < 1.29 is 9.53 Å². The van der Waals surface area contributed by atoms with E-state index in [1.165, 1.54) is 5.56 Å². The molecule has 1 fully saturated rings. The summed E-state index contributed by atoms with van der Waals surface area (Å²) < 4.78 is 5.68. The van der Waals surface area contributed by atoms with E-state index < -0.39 is 0 Å². The highest BCUT2D eigenvalue weighted by molar-refractivity contribution is 6.31. The minimum Gasteiger partial charge on any atom is -0.364 e. The Bertz CT molecular complexity index is 506. The topological polar surface area (TPSA) is 55.6 Å². The van der Waals surface area contributed by atoms with Crippen LogP contribution in [0.3, 0.4) is 0 Å². The van der Waals surface area contributed by atoms with E-state index in [0.29, 0.717) is 18.1 Å². The maximum Gasteiger partial charge on any atom is 0.256 e. The van der Waals surface area contributed by atoms with Gasteiger partial charge < -0.3 is 15.4 Å². The Morgan fingerprint density at radius 1 is 1.47 bits per heavy atom. The van der Waals surface area contributed by atoms with Crippen LogP contribution >= 0.6 is 11.6 Å². The third kappa shape index (κ3) is 2.36. The second-order valence-electron chi connectivity index (χ2n) is 5.07. The van der Waals surface area contributed by atoms with Gasteiger partial charge in [0.05, 0.1) is 6.10 Å². The molecule has 0 saturated carbocycles. The number of halogens is 1. The zero-order valence-electron chi connectivity index (χ0n) is 10.6. The highest BCUT2D eigenvalue weighted by Crippen LogP contribution is 2.32. The van der Waals surface area contributed by atoms with Crippen LogP contribution < -0.4 is 10.6 Å². The van der Waals surface area contributed by atoms with Crippen LogP contribution in [0.2, 0.25) is 5.02 Å². The van der Waals surface area contributed by atoms with Crippen molar-refractivity contribution in [1.29, 1.82) is 0 Å². The summed E-state index contributed by atoms with van der Waals surface area (Å²) in [5.74, 6) is 0.0389. The lowest BCUT2D eigenvalue weighted by Gasteiger charge is -2.21. The van der Waals surface area contributed by atoms with Crippen LogP contribution in [0, 0.1) is 0 Å². The fourth-order valence-electron chi connectivity index (χ4n) is 2.82. The standard InChI is InChI=1S/C14H17ClN2O2/c15-10-2-1-9-5-6-17(12(9)7-10)14(18)13-4-3-11(8-16)19-13/h1-2,7,11,13H,3-6,8,16H2/t11-,13+/m1/s1. The molecule has 1 aromatic carbocycles. The van der Waals surface area contributed by atoms with E-state index in [2.05, 4.69) is 0 Å². The van der Waals surface area contributed by atoms with Crippen LogP contribution in [-0.2, 0) is 16.0 Å². The first-order valence-electron chi connectivity index (χ1n) is 6.64. The number of nitrogens with zero attached hydrogens (tertiary/aromatic N) is 1. The average Bonchev–Trinajstić information content (AvgIpc) is 3.04. The van der Waals surface area contributed by atoms with Crippen molar-refractivity contribution >= 4 is 23.2 Å². The van der Waals surface area contributed by atoms with Crippen molar-refractivity contribution in [2.45, 2.75) is 31.5 Å². The van der Waals surface area contributed by atoms with E-state index in [1.54, 1.807) is 4.90 Å². The summed E-state index contributed by atoms with van der Waals surface area (Å²) in [7, 11) is 0. The van der Waals surface area contributed by atoms with Gasteiger partial charge in [-0.1, -0.05) is 17.7 Å². The zero-order valence-corrected chi connectivity index (χ0v) is 11.4. The van der Waals surface area contributed by atoms with E-state index in [4.69, 9.17) is 22.1 Å². The second kappa shape index (κ2) is 5.12. The Kier molecular flexibility index (Phi) is 3.48. The first-order chi connectivity index (χ1) is 9.19. The number of fused-ring (bicyclic) bond motifs is 1. The summed E-state index contributed by atoms with van der Waals surface area (Å²) in [6.07, 6.45) is 2.18. The van der Waals surface area contributed by atoms with Crippen LogP contribution in [-0.4, -0.2) is 31.2 Å². The fraction of sp³-hybridized carbons (Fsp3) is 0.500. The molecule has 1 amide bonds. The summed E-state index contributed by atoms with van der Waals surface area (Å²) >= 11 is 6.01. The average molecular weight is 281 g/mol. The zero-order chi connectivity index (χ0) is 13.4. The molecule has 1 saturated heterocycles. The lowest BCUT2D eigenvalue weighted by atomic mass is 10.1. The lowest BCUT2D eigenvalue weighted by Crippen LogP contribution is -2.38. The van der Waals surface area contributed by atoms with E-state index >= 15 is 0 Å². The van der Waals surface area contributed by atoms with Crippen molar-refractivity contribution in [3.8, 4) is 0 Å². The third-order valence-corrected chi connectivity index (χ3v) is 4.09. The van der Waals surface area contributed by atoms with Gasteiger partial charge in [-0.05, 0) is 37.0 Å². The molecule has 5 heteroatoms. The molecule has 0 bridgehead atoms. The lowest BCUT2D eigenvalue weighted by molar-refractivity contribution is -0.129. The summed E-state index contributed by atoms with van der Waals surface area (Å²) in [5.41, 5.74) is 7.68. The Labute approximate surface area is 117 Å². The highest BCUT2D eigenvalue weighted by Gasteiger charge is 2.35. The predicted octanol–water partition coefficient (Wildman–Crippen LogP) is 1.74. The predicted molar refractivity (Wildman–Crippen MR) is 74.5 cm³/mol. The summed E-state index contributed by atoms with van der Waals surface area (Å²) in [5, 5.41) is 0.658. The van der Waals surface area contributed by atoms with Crippen molar-refractivity contribution in [2.24, 2.45) is 5.73 Å². The first kappa shape index (κ1) is 12.9. The van der Waals surface area contributed by atoms with E-state index in [1.807, 2.05) is 18.2 Å². The van der Waals surface area contributed by atoms with Gasteiger partial charge in [0, 0.05) is 23.8 Å². The van der Waals surface area contributed by atoms with Crippen LogP contribution in [0.5, 0.6) is 0 Å². The van der Waals surface area contributed by atoms with Crippen LogP contribution in [0.15, 0.2) is 18.2 Å². The summed E-state index contributed by atoms with van der Waals surface area (Å²) in [6, 6.07) is 5.71. The Balaban J connectivity index is 1.78. The van der Waals surface area contributed by atoms with Gasteiger partial charge >= 0.3 is 0 Å². The molecular weight excluding hydrogens is 264 g/mol. The molecule has 0 aliphatic carbocycles. The monoisotopic (exact) mass is 280 g/mol. The van der Waals surface area contributed by atoms with Gasteiger partial charge in [0.15, 0.2) is 0 Å². The molecule has 4 nitrogen and oxygen atoms in total. The van der Waals surface area contributed by atoms with Gasteiger partial charge in [-0.15, -0.1) is 0 Å². The Morgan fingerprint density at radius 3 is 3.05 bits per heavy atom. The quantitative estimate of drug-likeness (QED) is 0.898. The largest absolute Gasteiger partial charge is 0.364 e. The molecule has 2 atom stereocenters. The molecule has 3 rings (SSSR count).